The molecule has 0 bridgehead atoms. The standard InChI is InChI=1S/C18H30INOSSi/c1-7-23(8-2,9-3)21-18(11-10-15(5)19)14(4)12-17-13-22-16(6)20-17/h10,12-13,18H,7-9,11H2,1-6H3/b14-12+,15-10-/t18-/m1/s1. The lowest BCUT2D eigenvalue weighted by molar-refractivity contribution is 0.225. The van der Waals surface area contributed by atoms with Crippen molar-refractivity contribution in [3.63, 3.8) is 0 Å². The normalized spacial score (nSPS) is 15.1. The average Bonchev–Trinajstić information content (AvgIpc) is 2.93. The van der Waals surface area contributed by atoms with Gasteiger partial charge >= 0.3 is 0 Å². The van der Waals surface area contributed by atoms with Crippen LogP contribution in [0, 0.1) is 6.92 Å². The van der Waals surface area contributed by atoms with E-state index in [2.05, 4.69) is 86.6 Å². The second kappa shape index (κ2) is 10.1. The third kappa shape index (κ3) is 6.80. The fraction of sp³-hybridized carbons (Fsp3) is 0.611. The SMILES string of the molecule is CC[Si](CC)(CC)O[C@H](C/C=C(/C)I)/C(C)=C/c1csc(C)n1. The zero-order valence-corrected chi connectivity index (χ0v) is 19.3. The Morgan fingerprint density at radius 3 is 2.35 bits per heavy atom. The highest BCUT2D eigenvalue weighted by Gasteiger charge is 2.32. The molecule has 0 amide bonds. The Hall–Kier alpha value is 0.0169. The number of aromatic nitrogens is 1. The third-order valence-corrected chi connectivity index (χ3v) is 10.3. The summed E-state index contributed by atoms with van der Waals surface area (Å²) in [5, 5.41) is 3.24. The van der Waals surface area contributed by atoms with Gasteiger partial charge in [0, 0.05) is 5.38 Å². The molecule has 23 heavy (non-hydrogen) atoms. The number of nitrogens with zero attached hydrogens (tertiary/aromatic N) is 1. The van der Waals surface area contributed by atoms with E-state index in [-0.39, 0.29) is 6.10 Å². The highest BCUT2D eigenvalue weighted by atomic mass is 127. The fourth-order valence-electron chi connectivity index (χ4n) is 2.67. The summed E-state index contributed by atoms with van der Waals surface area (Å²) in [6.07, 6.45) is 5.61. The summed E-state index contributed by atoms with van der Waals surface area (Å²) < 4.78 is 8.10. The van der Waals surface area contributed by atoms with Crippen LogP contribution in [0.2, 0.25) is 18.1 Å². The Morgan fingerprint density at radius 2 is 1.91 bits per heavy atom. The largest absolute Gasteiger partial charge is 0.410 e. The fourth-order valence-corrected chi connectivity index (χ4v) is 6.38. The van der Waals surface area contributed by atoms with Crippen LogP contribution in [0.5, 0.6) is 0 Å². The maximum absolute atomic E-state index is 6.78. The van der Waals surface area contributed by atoms with Crippen LogP contribution in [0.3, 0.4) is 0 Å². The first kappa shape index (κ1) is 21.1. The van der Waals surface area contributed by atoms with Crippen LogP contribution in [0.15, 0.2) is 20.6 Å². The number of allylic oxidation sites excluding steroid dienone is 1. The molecular weight excluding hydrogens is 433 g/mol. The molecule has 0 aliphatic heterocycles. The second-order valence-corrected chi connectivity index (χ2v) is 13.5. The average molecular weight is 464 g/mol. The van der Waals surface area contributed by atoms with Gasteiger partial charge in [0.05, 0.1) is 16.8 Å². The van der Waals surface area contributed by atoms with Crippen LogP contribution < -0.4 is 0 Å². The number of halogens is 1. The lowest BCUT2D eigenvalue weighted by Crippen LogP contribution is -2.40. The van der Waals surface area contributed by atoms with Crippen molar-refractivity contribution in [3.8, 4) is 0 Å². The van der Waals surface area contributed by atoms with Crippen molar-refractivity contribution in [1.82, 2.24) is 4.98 Å². The van der Waals surface area contributed by atoms with Crippen molar-refractivity contribution in [1.29, 1.82) is 0 Å². The summed E-state index contributed by atoms with van der Waals surface area (Å²) in [5.41, 5.74) is 2.35. The van der Waals surface area contributed by atoms with E-state index in [1.54, 1.807) is 11.3 Å². The van der Waals surface area contributed by atoms with Crippen LogP contribution in [-0.4, -0.2) is 19.4 Å². The predicted molar refractivity (Wildman–Crippen MR) is 115 cm³/mol. The molecule has 1 aromatic rings. The Bertz CT molecular complexity index is 537. The Labute approximate surface area is 160 Å². The molecule has 1 heterocycles. The summed E-state index contributed by atoms with van der Waals surface area (Å²) in [6, 6.07) is 3.56. The van der Waals surface area contributed by atoms with Gasteiger partial charge in [-0.2, -0.15) is 0 Å². The van der Waals surface area contributed by atoms with Gasteiger partial charge in [-0.25, -0.2) is 4.98 Å². The second-order valence-electron chi connectivity index (χ2n) is 6.06. The van der Waals surface area contributed by atoms with Crippen LogP contribution in [-0.2, 0) is 4.43 Å². The molecule has 0 fully saturated rings. The van der Waals surface area contributed by atoms with E-state index in [1.165, 1.54) is 27.3 Å². The third-order valence-electron chi connectivity index (χ3n) is 4.46. The molecule has 0 aliphatic rings. The monoisotopic (exact) mass is 463 g/mol. The Kier molecular flexibility index (Phi) is 9.26. The number of thiazole rings is 1. The summed E-state index contributed by atoms with van der Waals surface area (Å²) in [7, 11) is -1.62. The molecule has 5 heteroatoms. The summed E-state index contributed by atoms with van der Waals surface area (Å²) >= 11 is 4.08. The molecule has 0 aliphatic carbocycles. The van der Waals surface area contributed by atoms with Gasteiger partial charge in [0.15, 0.2) is 8.32 Å². The van der Waals surface area contributed by atoms with Crippen LogP contribution in [0.25, 0.3) is 6.08 Å². The van der Waals surface area contributed by atoms with Crippen molar-refractivity contribution in [2.24, 2.45) is 0 Å². The zero-order chi connectivity index (χ0) is 17.5. The van der Waals surface area contributed by atoms with Gasteiger partial charge in [-0.3, -0.25) is 0 Å². The van der Waals surface area contributed by atoms with E-state index < -0.39 is 8.32 Å². The van der Waals surface area contributed by atoms with Gasteiger partial charge in [-0.1, -0.05) is 26.8 Å². The van der Waals surface area contributed by atoms with Crippen LogP contribution in [0.4, 0.5) is 0 Å². The van der Waals surface area contributed by atoms with E-state index in [4.69, 9.17) is 4.43 Å². The molecule has 0 spiro atoms. The molecule has 130 valence electrons. The first-order chi connectivity index (χ1) is 10.9. The molecular formula is C18H30INOSSi. The molecule has 1 rings (SSSR count). The molecule has 0 unspecified atom stereocenters. The van der Waals surface area contributed by atoms with E-state index in [0.717, 1.165) is 17.1 Å². The number of aryl methyl sites for hydroxylation is 1. The zero-order valence-electron chi connectivity index (χ0n) is 15.3. The van der Waals surface area contributed by atoms with Crippen molar-refractivity contribution < 1.29 is 4.43 Å². The topological polar surface area (TPSA) is 22.1 Å². The molecule has 0 saturated carbocycles. The van der Waals surface area contributed by atoms with Crippen molar-refractivity contribution in [2.45, 2.75) is 72.2 Å². The molecule has 1 atom stereocenters. The first-order valence-corrected chi connectivity index (χ1v) is 12.9. The lowest BCUT2D eigenvalue weighted by atomic mass is 10.1. The minimum absolute atomic E-state index is 0.174. The molecule has 0 radical (unpaired) electrons. The van der Waals surface area contributed by atoms with Crippen molar-refractivity contribution >= 4 is 48.3 Å². The van der Waals surface area contributed by atoms with E-state index >= 15 is 0 Å². The summed E-state index contributed by atoms with van der Waals surface area (Å²) in [4.78, 5) is 4.57. The quantitative estimate of drug-likeness (QED) is 0.291. The molecule has 0 N–H and O–H groups in total. The summed E-state index contributed by atoms with van der Waals surface area (Å²) in [6.45, 7) is 13.3. The predicted octanol–water partition coefficient (Wildman–Crippen LogP) is 6.97. The molecule has 0 saturated heterocycles. The van der Waals surface area contributed by atoms with Crippen molar-refractivity contribution in [2.75, 3.05) is 0 Å². The maximum Gasteiger partial charge on any atom is 0.192 e. The molecule has 2 nitrogen and oxygen atoms in total. The Balaban J connectivity index is 3.03. The van der Waals surface area contributed by atoms with E-state index in [9.17, 15) is 0 Å². The van der Waals surface area contributed by atoms with Crippen LogP contribution >= 0.6 is 33.9 Å². The summed E-state index contributed by atoms with van der Waals surface area (Å²) in [5.74, 6) is 0. The molecule has 0 aromatic carbocycles. The van der Waals surface area contributed by atoms with E-state index in [1.807, 2.05) is 0 Å². The highest BCUT2D eigenvalue weighted by Crippen LogP contribution is 2.28. The minimum Gasteiger partial charge on any atom is -0.410 e. The van der Waals surface area contributed by atoms with Gasteiger partial charge in [0.2, 0.25) is 0 Å². The molecule has 1 aromatic heterocycles. The first-order valence-electron chi connectivity index (χ1n) is 8.46. The maximum atomic E-state index is 6.78. The van der Waals surface area contributed by atoms with Gasteiger partial charge < -0.3 is 4.43 Å². The van der Waals surface area contributed by atoms with Gasteiger partial charge in [0.25, 0.3) is 0 Å². The van der Waals surface area contributed by atoms with Crippen LogP contribution in [0.1, 0.15) is 51.7 Å². The van der Waals surface area contributed by atoms with Crippen molar-refractivity contribution in [3.05, 3.63) is 31.3 Å². The number of hydrogen-bond acceptors (Lipinski definition) is 3. The van der Waals surface area contributed by atoms with E-state index in [0.29, 0.717) is 0 Å². The van der Waals surface area contributed by atoms with Gasteiger partial charge in [0.1, 0.15) is 0 Å². The smallest absolute Gasteiger partial charge is 0.192 e. The number of rotatable bonds is 9. The Morgan fingerprint density at radius 1 is 1.30 bits per heavy atom. The lowest BCUT2D eigenvalue weighted by Gasteiger charge is -2.33. The van der Waals surface area contributed by atoms with Gasteiger partial charge in [-0.05, 0) is 83.1 Å². The minimum atomic E-state index is -1.62. The number of hydrogen-bond donors (Lipinski definition) is 0. The highest BCUT2D eigenvalue weighted by molar-refractivity contribution is 14.1. The van der Waals surface area contributed by atoms with Gasteiger partial charge in [-0.15, -0.1) is 11.3 Å².